The van der Waals surface area contributed by atoms with Crippen LogP contribution in [0.3, 0.4) is 0 Å². The first-order chi connectivity index (χ1) is 5.09. The second kappa shape index (κ2) is 2.92. The molecule has 0 aromatic rings. The van der Waals surface area contributed by atoms with Crippen molar-refractivity contribution in [1.29, 1.82) is 0 Å². The molecule has 0 bridgehead atoms. The number of nitrogens with zero attached hydrogens (tertiary/aromatic N) is 2. The Morgan fingerprint density at radius 2 is 2.36 bits per heavy atom. The normalized spacial score (nSPS) is 18.5. The van der Waals surface area contributed by atoms with E-state index in [-0.39, 0.29) is 5.97 Å². The van der Waals surface area contributed by atoms with Gasteiger partial charge < -0.3 is 4.84 Å². The van der Waals surface area contributed by atoms with Gasteiger partial charge in [0.2, 0.25) is 0 Å². The fourth-order valence-corrected chi connectivity index (χ4v) is 0.994. The van der Waals surface area contributed by atoms with Gasteiger partial charge >= 0.3 is 5.97 Å². The molecule has 0 N–H and O–H groups in total. The zero-order valence-electron chi connectivity index (χ0n) is 7.00. The van der Waals surface area contributed by atoms with Crippen LogP contribution in [0.25, 0.3) is 0 Å². The van der Waals surface area contributed by atoms with E-state index >= 15 is 0 Å². The van der Waals surface area contributed by atoms with Crippen molar-refractivity contribution in [1.82, 2.24) is 10.2 Å². The molecule has 1 aliphatic rings. The van der Waals surface area contributed by atoms with Crippen molar-refractivity contribution in [3.63, 3.8) is 0 Å². The molecule has 0 saturated heterocycles. The zero-order valence-corrected chi connectivity index (χ0v) is 7.00. The van der Waals surface area contributed by atoms with Crippen molar-refractivity contribution in [3.05, 3.63) is 11.8 Å². The van der Waals surface area contributed by atoms with Crippen LogP contribution in [0.1, 0.15) is 13.8 Å². The van der Waals surface area contributed by atoms with E-state index in [1.165, 1.54) is 17.7 Å². The maximum absolute atomic E-state index is 10.5. The summed E-state index contributed by atoms with van der Waals surface area (Å²) >= 11 is 0. The molecule has 1 rings (SSSR count). The number of hydrogen-bond acceptors (Lipinski definition) is 4. The molecule has 4 heteroatoms. The van der Waals surface area contributed by atoms with Crippen molar-refractivity contribution in [2.75, 3.05) is 13.6 Å². The summed E-state index contributed by atoms with van der Waals surface area (Å²) in [6.45, 7) is 4.04. The molecule has 1 heterocycles. The molecular formula is C7H12N2O2. The van der Waals surface area contributed by atoms with Gasteiger partial charge in [-0.2, -0.15) is 0 Å². The first-order valence-corrected chi connectivity index (χ1v) is 3.45. The van der Waals surface area contributed by atoms with Gasteiger partial charge in [-0.3, -0.25) is 9.80 Å². The van der Waals surface area contributed by atoms with Crippen LogP contribution in [0, 0.1) is 0 Å². The van der Waals surface area contributed by atoms with Crippen molar-refractivity contribution in [2.45, 2.75) is 13.8 Å². The van der Waals surface area contributed by atoms with Gasteiger partial charge in [0.1, 0.15) is 0 Å². The predicted molar refractivity (Wildman–Crippen MR) is 40.0 cm³/mol. The monoisotopic (exact) mass is 156 g/mol. The molecule has 0 saturated carbocycles. The van der Waals surface area contributed by atoms with E-state index in [4.69, 9.17) is 4.84 Å². The summed E-state index contributed by atoms with van der Waals surface area (Å²) in [5.41, 5.74) is 1.17. The Hall–Kier alpha value is -1.03. The average Bonchev–Trinajstić information content (AvgIpc) is 2.09. The van der Waals surface area contributed by atoms with Gasteiger partial charge in [-0.15, -0.1) is 0 Å². The van der Waals surface area contributed by atoms with Crippen LogP contribution in [0.5, 0.6) is 0 Å². The molecule has 0 atom stereocenters. The fourth-order valence-electron chi connectivity index (χ4n) is 0.994. The van der Waals surface area contributed by atoms with E-state index < -0.39 is 0 Å². The van der Waals surface area contributed by atoms with E-state index in [1.54, 1.807) is 5.01 Å². The third-order valence-corrected chi connectivity index (χ3v) is 1.38. The summed E-state index contributed by atoms with van der Waals surface area (Å²) in [6.07, 6.45) is 1.92. The molecule has 11 heavy (non-hydrogen) atoms. The highest BCUT2D eigenvalue weighted by Crippen LogP contribution is 2.11. The smallest absolute Gasteiger partial charge is 0.324 e. The Labute approximate surface area is 66.0 Å². The average molecular weight is 156 g/mol. The number of carbonyl (C=O) groups is 1. The standard InChI is InChI=1S/C7H12N2O2/c1-6-4-8(3)9(5-6)11-7(2)10/h4H,5H2,1-3H3. The Bertz CT molecular complexity index is 201. The summed E-state index contributed by atoms with van der Waals surface area (Å²) in [4.78, 5) is 15.4. The van der Waals surface area contributed by atoms with Crippen LogP contribution >= 0.6 is 0 Å². The Kier molecular flexibility index (Phi) is 2.14. The van der Waals surface area contributed by atoms with Crippen LogP contribution in [0.2, 0.25) is 0 Å². The van der Waals surface area contributed by atoms with Gasteiger partial charge in [0, 0.05) is 20.2 Å². The molecule has 0 spiro atoms. The summed E-state index contributed by atoms with van der Waals surface area (Å²) in [5.74, 6) is -0.292. The third-order valence-electron chi connectivity index (χ3n) is 1.38. The van der Waals surface area contributed by atoms with Gasteiger partial charge in [-0.05, 0) is 17.7 Å². The minimum Gasteiger partial charge on any atom is -0.348 e. The van der Waals surface area contributed by atoms with E-state index in [1.807, 2.05) is 20.2 Å². The Morgan fingerprint density at radius 1 is 1.73 bits per heavy atom. The maximum Gasteiger partial charge on any atom is 0.324 e. The lowest BCUT2D eigenvalue weighted by molar-refractivity contribution is -0.234. The Balaban J connectivity index is 2.46. The van der Waals surface area contributed by atoms with Gasteiger partial charge in [0.25, 0.3) is 0 Å². The molecule has 0 aromatic carbocycles. The second-order valence-corrected chi connectivity index (χ2v) is 2.64. The van der Waals surface area contributed by atoms with E-state index in [0.29, 0.717) is 6.54 Å². The second-order valence-electron chi connectivity index (χ2n) is 2.64. The molecule has 0 fully saturated rings. The number of hydroxylamine groups is 1. The van der Waals surface area contributed by atoms with Crippen molar-refractivity contribution < 1.29 is 9.63 Å². The van der Waals surface area contributed by atoms with Crippen LogP contribution in [0.15, 0.2) is 11.8 Å². The van der Waals surface area contributed by atoms with Crippen LogP contribution in [0.4, 0.5) is 0 Å². The Morgan fingerprint density at radius 3 is 2.73 bits per heavy atom. The van der Waals surface area contributed by atoms with Crippen molar-refractivity contribution in [2.24, 2.45) is 0 Å². The highest BCUT2D eigenvalue weighted by molar-refractivity contribution is 5.65. The van der Waals surface area contributed by atoms with Crippen molar-refractivity contribution in [3.8, 4) is 0 Å². The zero-order chi connectivity index (χ0) is 8.43. The number of hydrazine groups is 1. The topological polar surface area (TPSA) is 32.8 Å². The summed E-state index contributed by atoms with van der Waals surface area (Å²) in [6, 6.07) is 0. The highest BCUT2D eigenvalue weighted by atomic mass is 16.7. The van der Waals surface area contributed by atoms with E-state index in [2.05, 4.69) is 0 Å². The first kappa shape index (κ1) is 8.07. The number of hydrogen-bond donors (Lipinski definition) is 0. The molecule has 62 valence electrons. The fraction of sp³-hybridized carbons (Fsp3) is 0.571. The van der Waals surface area contributed by atoms with Crippen molar-refractivity contribution >= 4 is 5.97 Å². The molecular weight excluding hydrogens is 144 g/mol. The molecule has 1 aliphatic heterocycles. The van der Waals surface area contributed by atoms with Crippen LogP contribution in [-0.4, -0.2) is 29.7 Å². The molecule has 4 nitrogen and oxygen atoms in total. The number of carbonyl (C=O) groups excluding carboxylic acids is 1. The molecule has 0 aromatic heterocycles. The molecule has 0 radical (unpaired) electrons. The minimum absolute atomic E-state index is 0.292. The maximum atomic E-state index is 10.5. The largest absolute Gasteiger partial charge is 0.348 e. The van der Waals surface area contributed by atoms with Gasteiger partial charge in [0.15, 0.2) is 0 Å². The highest BCUT2D eigenvalue weighted by Gasteiger charge is 2.18. The van der Waals surface area contributed by atoms with Gasteiger partial charge in [0.05, 0.1) is 6.54 Å². The van der Waals surface area contributed by atoms with E-state index in [0.717, 1.165) is 0 Å². The summed E-state index contributed by atoms with van der Waals surface area (Å²) in [5, 5.41) is 3.26. The SMILES string of the molecule is CC(=O)ON1CC(C)=CN1C. The summed E-state index contributed by atoms with van der Waals surface area (Å²) < 4.78 is 0. The first-order valence-electron chi connectivity index (χ1n) is 3.45. The summed E-state index contributed by atoms with van der Waals surface area (Å²) in [7, 11) is 1.83. The molecule has 0 aliphatic carbocycles. The van der Waals surface area contributed by atoms with Crippen LogP contribution < -0.4 is 0 Å². The lowest BCUT2D eigenvalue weighted by Crippen LogP contribution is -2.33. The minimum atomic E-state index is -0.292. The van der Waals surface area contributed by atoms with E-state index in [9.17, 15) is 4.79 Å². The van der Waals surface area contributed by atoms with Gasteiger partial charge in [-0.25, -0.2) is 0 Å². The third kappa shape index (κ3) is 1.94. The molecule has 0 amide bonds. The quantitative estimate of drug-likeness (QED) is 0.554. The molecule has 0 unspecified atom stereocenters. The number of rotatable bonds is 1. The lowest BCUT2D eigenvalue weighted by Gasteiger charge is -2.21. The van der Waals surface area contributed by atoms with Gasteiger partial charge in [-0.1, -0.05) is 0 Å². The predicted octanol–water partition coefficient (Wildman–Crippen LogP) is 0.531. The van der Waals surface area contributed by atoms with Crippen LogP contribution in [-0.2, 0) is 9.63 Å². The lowest BCUT2D eigenvalue weighted by atomic mass is 10.4.